The molecule has 0 spiro atoms. The van der Waals surface area contributed by atoms with Crippen molar-refractivity contribution in [1.29, 1.82) is 0 Å². The highest BCUT2D eigenvalue weighted by atomic mass is 35.5. The minimum Gasteiger partial charge on any atom is -0.307 e. The van der Waals surface area contributed by atoms with Crippen LogP contribution in [0.25, 0.3) is 0 Å². The van der Waals surface area contributed by atoms with Gasteiger partial charge in [0.2, 0.25) is 0 Å². The summed E-state index contributed by atoms with van der Waals surface area (Å²) in [5.41, 5.74) is 2.50. The van der Waals surface area contributed by atoms with Crippen molar-refractivity contribution in [2.75, 3.05) is 5.32 Å². The van der Waals surface area contributed by atoms with Crippen LogP contribution in [0.15, 0.2) is 23.2 Å². The molecule has 2 N–H and O–H groups in total. The van der Waals surface area contributed by atoms with Crippen LogP contribution in [0.1, 0.15) is 62.2 Å². The number of carbonyl (C=O) groups is 1. The van der Waals surface area contributed by atoms with Crippen molar-refractivity contribution in [3.05, 3.63) is 46.0 Å². The van der Waals surface area contributed by atoms with E-state index in [-0.39, 0.29) is 22.4 Å². The molecule has 2 amide bonds. The molecule has 0 atom stereocenters. The van der Waals surface area contributed by atoms with E-state index < -0.39 is 16.1 Å². The molecular weight excluding hydrogens is 400 g/mol. The van der Waals surface area contributed by atoms with Crippen LogP contribution in [0.3, 0.4) is 0 Å². The number of carbonyl (C=O) groups excluding carboxylic acids is 1. The van der Waals surface area contributed by atoms with Gasteiger partial charge in [0.05, 0.1) is 11.9 Å². The van der Waals surface area contributed by atoms with E-state index in [0.29, 0.717) is 16.5 Å². The van der Waals surface area contributed by atoms with Gasteiger partial charge >= 0.3 is 6.03 Å². The molecule has 0 saturated heterocycles. The second-order valence-corrected chi connectivity index (χ2v) is 9.28. The average molecular weight is 425 g/mol. The molecule has 0 aliphatic heterocycles. The third-order valence-corrected chi connectivity index (χ3v) is 5.87. The summed E-state index contributed by atoms with van der Waals surface area (Å²) in [7, 11) is -4.11. The number of aromatic nitrogens is 2. The number of nitrogens with zero attached hydrogens (tertiary/aromatic N) is 2. The zero-order valence-corrected chi connectivity index (χ0v) is 18.4. The number of sulfonamides is 1. The Balaban J connectivity index is 2.37. The van der Waals surface area contributed by atoms with Crippen LogP contribution in [0, 0.1) is 13.8 Å². The Hall–Kier alpha value is -2.19. The number of aryl methyl sites for hydroxylation is 2. The highest BCUT2D eigenvalue weighted by Gasteiger charge is 2.23. The van der Waals surface area contributed by atoms with Gasteiger partial charge in [0.15, 0.2) is 0 Å². The lowest BCUT2D eigenvalue weighted by atomic mass is 9.92. The van der Waals surface area contributed by atoms with Crippen LogP contribution < -0.4 is 10.0 Å². The van der Waals surface area contributed by atoms with Crippen LogP contribution in [0.5, 0.6) is 0 Å². The third-order valence-electron chi connectivity index (χ3n) is 4.22. The predicted octanol–water partition coefficient (Wildman–Crippen LogP) is 4.50. The molecule has 2 rings (SSSR count). The van der Waals surface area contributed by atoms with Gasteiger partial charge in [0.1, 0.15) is 10.7 Å². The Labute approximate surface area is 171 Å². The summed E-state index contributed by atoms with van der Waals surface area (Å²) in [5.74, 6) is 0.608. The largest absolute Gasteiger partial charge is 0.333 e. The van der Waals surface area contributed by atoms with Gasteiger partial charge < -0.3 is 5.32 Å². The first-order valence-electron chi connectivity index (χ1n) is 8.89. The van der Waals surface area contributed by atoms with E-state index in [1.165, 1.54) is 6.20 Å². The molecule has 0 unspecified atom stereocenters. The van der Waals surface area contributed by atoms with Crippen LogP contribution in [-0.2, 0) is 10.0 Å². The molecule has 0 radical (unpaired) electrons. The molecule has 0 bridgehead atoms. The van der Waals surface area contributed by atoms with Crippen molar-refractivity contribution in [2.45, 2.75) is 58.3 Å². The Morgan fingerprint density at radius 2 is 1.61 bits per heavy atom. The maximum Gasteiger partial charge on any atom is 0.333 e. The Morgan fingerprint density at radius 3 is 2.07 bits per heavy atom. The lowest BCUT2D eigenvalue weighted by Gasteiger charge is -2.21. The number of nitrogens with one attached hydrogen (secondary N) is 2. The first-order valence-corrected chi connectivity index (χ1v) is 10.8. The normalized spacial score (nSPS) is 11.8. The lowest BCUT2D eigenvalue weighted by molar-refractivity contribution is 0.256. The van der Waals surface area contributed by atoms with Gasteiger partial charge in [0.25, 0.3) is 10.0 Å². The summed E-state index contributed by atoms with van der Waals surface area (Å²) in [6.45, 7) is 11.1. The minimum absolute atomic E-state index is 0.0795. The van der Waals surface area contributed by atoms with Gasteiger partial charge in [0, 0.05) is 10.7 Å². The molecule has 2 aromatic rings. The Bertz CT molecular complexity index is 975. The molecule has 0 aliphatic rings. The SMILES string of the molecule is Cc1ncc(S(=O)(=O)NC(=O)Nc2c(C(C)C)cc(Cl)cc2C(C)C)c(C)n1. The monoisotopic (exact) mass is 424 g/mol. The second kappa shape index (κ2) is 8.45. The maximum atomic E-state index is 12.6. The van der Waals surface area contributed by atoms with Gasteiger partial charge in [-0.15, -0.1) is 0 Å². The molecule has 28 heavy (non-hydrogen) atoms. The second-order valence-electron chi connectivity index (χ2n) is 7.20. The maximum absolute atomic E-state index is 12.6. The number of benzene rings is 1. The van der Waals surface area contributed by atoms with E-state index in [4.69, 9.17) is 11.6 Å². The number of hydrogen-bond acceptors (Lipinski definition) is 5. The van der Waals surface area contributed by atoms with Crippen molar-refractivity contribution in [2.24, 2.45) is 0 Å². The fraction of sp³-hybridized carbons (Fsp3) is 0.421. The average Bonchev–Trinajstić information content (AvgIpc) is 2.54. The fourth-order valence-electron chi connectivity index (χ4n) is 2.86. The fourth-order valence-corrected chi connectivity index (χ4v) is 4.12. The minimum atomic E-state index is -4.11. The number of rotatable bonds is 5. The first-order chi connectivity index (χ1) is 12.9. The van der Waals surface area contributed by atoms with Gasteiger partial charge in [-0.1, -0.05) is 39.3 Å². The van der Waals surface area contributed by atoms with Crippen molar-refractivity contribution >= 4 is 33.3 Å². The summed E-state index contributed by atoms with van der Waals surface area (Å²) in [6.07, 6.45) is 1.19. The van der Waals surface area contributed by atoms with Crippen LogP contribution >= 0.6 is 11.6 Å². The van der Waals surface area contributed by atoms with Crippen molar-refractivity contribution in [1.82, 2.24) is 14.7 Å². The van der Waals surface area contributed by atoms with E-state index >= 15 is 0 Å². The molecule has 0 aliphatic carbocycles. The molecule has 1 aromatic carbocycles. The number of amides is 2. The molecule has 1 heterocycles. The topological polar surface area (TPSA) is 101 Å². The van der Waals surface area contributed by atoms with Crippen molar-refractivity contribution in [3.8, 4) is 0 Å². The number of urea groups is 1. The molecule has 0 fully saturated rings. The van der Waals surface area contributed by atoms with Gasteiger partial charge in [-0.2, -0.15) is 0 Å². The van der Waals surface area contributed by atoms with E-state index in [9.17, 15) is 13.2 Å². The third kappa shape index (κ3) is 4.99. The number of halogens is 1. The molecule has 0 saturated carbocycles. The molecule has 7 nitrogen and oxygen atoms in total. The van der Waals surface area contributed by atoms with Gasteiger partial charge in [-0.3, -0.25) is 0 Å². The first kappa shape index (κ1) is 22.1. The molecule has 1 aromatic heterocycles. The van der Waals surface area contributed by atoms with E-state index in [2.05, 4.69) is 15.3 Å². The molecular formula is C19H25ClN4O3S. The number of anilines is 1. The predicted molar refractivity (Wildman–Crippen MR) is 110 cm³/mol. The standard InChI is InChI=1S/C19H25ClN4O3S/c1-10(2)15-7-14(20)8-16(11(3)4)18(15)23-19(25)24-28(26,27)17-9-21-13(6)22-12(17)5/h7-11H,1-6H3,(H2,23,24,25). The molecule has 9 heteroatoms. The van der Waals surface area contributed by atoms with E-state index in [1.54, 1.807) is 26.0 Å². The van der Waals surface area contributed by atoms with Crippen LogP contribution in [0.4, 0.5) is 10.5 Å². The lowest BCUT2D eigenvalue weighted by Crippen LogP contribution is -2.35. The summed E-state index contributed by atoms with van der Waals surface area (Å²) in [6, 6.07) is 2.70. The Kier molecular flexibility index (Phi) is 6.67. The zero-order valence-electron chi connectivity index (χ0n) is 16.8. The molecule has 152 valence electrons. The Morgan fingerprint density at radius 1 is 1.07 bits per heavy atom. The van der Waals surface area contributed by atoms with E-state index in [1.807, 2.05) is 32.4 Å². The summed E-state index contributed by atoms with van der Waals surface area (Å²) >= 11 is 6.23. The van der Waals surface area contributed by atoms with Crippen molar-refractivity contribution < 1.29 is 13.2 Å². The highest BCUT2D eigenvalue weighted by molar-refractivity contribution is 7.90. The van der Waals surface area contributed by atoms with Gasteiger partial charge in [-0.25, -0.2) is 27.9 Å². The number of hydrogen-bond donors (Lipinski definition) is 2. The summed E-state index contributed by atoms with van der Waals surface area (Å²) in [4.78, 5) is 20.3. The quantitative estimate of drug-likeness (QED) is 0.735. The highest BCUT2D eigenvalue weighted by Crippen LogP contribution is 2.35. The smallest absolute Gasteiger partial charge is 0.307 e. The van der Waals surface area contributed by atoms with Crippen molar-refractivity contribution in [3.63, 3.8) is 0 Å². The summed E-state index contributed by atoms with van der Waals surface area (Å²) < 4.78 is 27.2. The van der Waals surface area contributed by atoms with Crippen LogP contribution in [-0.4, -0.2) is 24.4 Å². The van der Waals surface area contributed by atoms with Gasteiger partial charge in [-0.05, 0) is 48.9 Å². The van der Waals surface area contributed by atoms with Crippen LogP contribution in [0.2, 0.25) is 5.02 Å². The van der Waals surface area contributed by atoms with E-state index in [0.717, 1.165) is 11.1 Å². The zero-order chi connectivity index (χ0) is 21.2. The summed E-state index contributed by atoms with van der Waals surface area (Å²) in [5, 5.41) is 3.27.